The van der Waals surface area contributed by atoms with Crippen molar-refractivity contribution < 1.29 is 14.3 Å². The molecule has 170 valence electrons. The van der Waals surface area contributed by atoms with E-state index in [2.05, 4.69) is 33.9 Å². The number of thiophene rings is 2. The van der Waals surface area contributed by atoms with Gasteiger partial charge >= 0.3 is 5.97 Å². The van der Waals surface area contributed by atoms with Crippen LogP contribution in [0.2, 0.25) is 0 Å². The minimum Gasteiger partial charge on any atom is -0.462 e. The van der Waals surface area contributed by atoms with Crippen LogP contribution in [0.3, 0.4) is 0 Å². The summed E-state index contributed by atoms with van der Waals surface area (Å²) in [4.78, 5) is 27.7. The van der Waals surface area contributed by atoms with Gasteiger partial charge in [-0.15, -0.1) is 32.9 Å². The van der Waals surface area contributed by atoms with Crippen LogP contribution in [-0.4, -0.2) is 39.0 Å². The Morgan fingerprint density at radius 2 is 2.12 bits per heavy atom. The van der Waals surface area contributed by atoms with E-state index >= 15 is 0 Å². The summed E-state index contributed by atoms with van der Waals surface area (Å²) in [6.45, 7) is 4.27. The molecule has 3 heterocycles. The average molecular weight is 491 g/mol. The number of thioether (sulfide) groups is 1. The molecule has 32 heavy (non-hydrogen) atoms. The standard InChI is InChI=1S/C22H26N4O3S3/c1-4-7-14-10-13(11-30-14)19-24-25-22(26(19)3)31-12-17(27)23-20-18(21(28)29-5-2)15-8-6-9-16(15)32-20/h10-11H,4-9,12H2,1-3H3,(H,23,27). The van der Waals surface area contributed by atoms with Crippen molar-refractivity contribution >= 4 is 51.3 Å². The number of nitrogens with one attached hydrogen (secondary N) is 1. The third-order valence-electron chi connectivity index (χ3n) is 5.23. The molecule has 0 atom stereocenters. The van der Waals surface area contributed by atoms with Gasteiger partial charge in [-0.1, -0.05) is 25.1 Å². The van der Waals surface area contributed by atoms with Crippen LogP contribution < -0.4 is 5.32 Å². The van der Waals surface area contributed by atoms with E-state index in [0.29, 0.717) is 22.3 Å². The fraction of sp³-hybridized carbons (Fsp3) is 0.455. The first-order chi connectivity index (χ1) is 15.5. The van der Waals surface area contributed by atoms with Gasteiger partial charge in [-0.3, -0.25) is 4.79 Å². The second kappa shape index (κ2) is 10.2. The Bertz CT molecular complexity index is 1130. The zero-order valence-corrected chi connectivity index (χ0v) is 20.8. The number of fused-ring (bicyclic) bond motifs is 1. The molecule has 0 aromatic carbocycles. The second-order valence-corrected chi connectivity index (χ2v) is 10.6. The van der Waals surface area contributed by atoms with Crippen molar-refractivity contribution in [3.8, 4) is 11.4 Å². The van der Waals surface area contributed by atoms with E-state index in [-0.39, 0.29) is 17.6 Å². The Morgan fingerprint density at radius 1 is 1.28 bits per heavy atom. The maximum atomic E-state index is 12.7. The number of esters is 1. The zero-order valence-electron chi connectivity index (χ0n) is 18.4. The molecule has 4 rings (SSSR count). The van der Waals surface area contributed by atoms with Crippen LogP contribution in [-0.2, 0) is 35.8 Å². The first-order valence-electron chi connectivity index (χ1n) is 10.7. The van der Waals surface area contributed by atoms with Gasteiger partial charge in [-0.05, 0) is 44.2 Å². The summed E-state index contributed by atoms with van der Waals surface area (Å²) in [7, 11) is 1.91. The normalized spacial score (nSPS) is 12.7. The van der Waals surface area contributed by atoms with Crippen molar-refractivity contribution in [1.82, 2.24) is 14.8 Å². The minimum absolute atomic E-state index is 0.175. The van der Waals surface area contributed by atoms with Gasteiger partial charge in [0, 0.05) is 27.7 Å². The quantitative estimate of drug-likeness (QED) is 0.337. The van der Waals surface area contributed by atoms with Gasteiger partial charge in [0.05, 0.1) is 17.9 Å². The molecule has 0 aliphatic heterocycles. The average Bonchev–Trinajstić information content (AvgIpc) is 3.52. The summed E-state index contributed by atoms with van der Waals surface area (Å²) < 4.78 is 7.15. The molecule has 1 aliphatic carbocycles. The van der Waals surface area contributed by atoms with Gasteiger partial charge in [0.15, 0.2) is 11.0 Å². The topological polar surface area (TPSA) is 86.1 Å². The molecule has 3 aromatic heterocycles. The molecule has 0 spiro atoms. The molecule has 0 unspecified atom stereocenters. The van der Waals surface area contributed by atoms with Crippen molar-refractivity contribution in [1.29, 1.82) is 0 Å². The summed E-state index contributed by atoms with van der Waals surface area (Å²) >= 11 is 4.56. The van der Waals surface area contributed by atoms with E-state index in [4.69, 9.17) is 4.74 Å². The fourth-order valence-electron chi connectivity index (χ4n) is 3.77. The molecule has 3 aromatic rings. The van der Waals surface area contributed by atoms with Crippen LogP contribution in [0.25, 0.3) is 11.4 Å². The second-order valence-electron chi connectivity index (χ2n) is 7.54. The Morgan fingerprint density at radius 3 is 2.91 bits per heavy atom. The summed E-state index contributed by atoms with van der Waals surface area (Å²) in [6, 6.07) is 2.16. The Balaban J connectivity index is 1.42. The number of carbonyl (C=O) groups excluding carboxylic acids is 2. The number of aromatic nitrogens is 3. The van der Waals surface area contributed by atoms with Gasteiger partial charge in [0.1, 0.15) is 5.00 Å². The maximum absolute atomic E-state index is 12.7. The van der Waals surface area contributed by atoms with Crippen molar-refractivity contribution in [2.45, 2.75) is 51.1 Å². The van der Waals surface area contributed by atoms with Gasteiger partial charge in [0.2, 0.25) is 5.91 Å². The molecule has 0 saturated heterocycles. The molecule has 0 bridgehead atoms. The van der Waals surface area contributed by atoms with E-state index in [9.17, 15) is 9.59 Å². The largest absolute Gasteiger partial charge is 0.462 e. The summed E-state index contributed by atoms with van der Waals surface area (Å²) in [5.74, 6) is 0.448. The fourth-order valence-corrected chi connectivity index (χ4v) is 6.75. The first-order valence-corrected chi connectivity index (χ1v) is 13.4. The highest BCUT2D eigenvalue weighted by atomic mass is 32.2. The lowest BCUT2D eigenvalue weighted by molar-refractivity contribution is -0.113. The molecule has 0 radical (unpaired) electrons. The highest BCUT2D eigenvalue weighted by molar-refractivity contribution is 7.99. The van der Waals surface area contributed by atoms with Crippen LogP contribution in [0, 0.1) is 0 Å². The predicted octanol–water partition coefficient (Wildman–Crippen LogP) is 4.95. The molecule has 1 aliphatic rings. The third-order valence-corrected chi connectivity index (χ3v) is 8.45. The van der Waals surface area contributed by atoms with E-state index in [1.807, 2.05) is 11.6 Å². The van der Waals surface area contributed by atoms with Gasteiger partial charge in [0.25, 0.3) is 0 Å². The predicted molar refractivity (Wildman–Crippen MR) is 130 cm³/mol. The number of rotatable bonds is 9. The van der Waals surface area contributed by atoms with Crippen molar-refractivity contribution in [2.24, 2.45) is 7.05 Å². The van der Waals surface area contributed by atoms with Gasteiger partial charge in [-0.25, -0.2) is 4.79 Å². The highest BCUT2D eigenvalue weighted by Gasteiger charge is 2.28. The van der Waals surface area contributed by atoms with Crippen molar-refractivity contribution in [3.63, 3.8) is 0 Å². The first kappa shape index (κ1) is 23.0. The number of carbonyl (C=O) groups is 2. The number of hydrogen-bond acceptors (Lipinski definition) is 8. The van der Waals surface area contributed by atoms with Crippen LogP contribution in [0.4, 0.5) is 5.00 Å². The number of hydrogen-bond donors (Lipinski definition) is 1. The van der Waals surface area contributed by atoms with Crippen molar-refractivity contribution in [3.05, 3.63) is 32.3 Å². The summed E-state index contributed by atoms with van der Waals surface area (Å²) in [5, 5.41) is 14.9. The molecular weight excluding hydrogens is 464 g/mol. The minimum atomic E-state index is -0.356. The summed E-state index contributed by atoms with van der Waals surface area (Å²) in [5.41, 5.74) is 2.62. The molecule has 1 amide bonds. The van der Waals surface area contributed by atoms with E-state index in [1.54, 1.807) is 18.3 Å². The third kappa shape index (κ3) is 4.77. The highest BCUT2D eigenvalue weighted by Crippen LogP contribution is 2.39. The van der Waals surface area contributed by atoms with Crippen molar-refractivity contribution in [2.75, 3.05) is 17.7 Å². The number of anilines is 1. The smallest absolute Gasteiger partial charge is 0.341 e. The molecular formula is C22H26N4O3S3. The SMILES string of the molecule is CCCc1cc(-c2nnc(SCC(=O)Nc3sc4c(c3C(=O)OCC)CCC4)n2C)cs1. The number of ether oxygens (including phenoxy) is 1. The molecule has 1 N–H and O–H groups in total. The number of aryl methyl sites for hydroxylation is 2. The lowest BCUT2D eigenvalue weighted by atomic mass is 10.1. The number of nitrogens with zero attached hydrogens (tertiary/aromatic N) is 3. The van der Waals surface area contributed by atoms with Crippen LogP contribution in [0.15, 0.2) is 16.6 Å². The van der Waals surface area contributed by atoms with Gasteiger partial charge < -0.3 is 14.6 Å². The Kier molecular flexibility index (Phi) is 7.32. The van der Waals surface area contributed by atoms with Crippen LogP contribution >= 0.6 is 34.4 Å². The maximum Gasteiger partial charge on any atom is 0.341 e. The number of amides is 1. The molecule has 7 nitrogen and oxygen atoms in total. The lowest BCUT2D eigenvalue weighted by Crippen LogP contribution is -2.17. The van der Waals surface area contributed by atoms with Gasteiger partial charge in [-0.2, -0.15) is 0 Å². The molecule has 0 saturated carbocycles. The van der Waals surface area contributed by atoms with E-state index in [0.717, 1.165) is 49.1 Å². The Labute approximate surface area is 199 Å². The zero-order chi connectivity index (χ0) is 22.7. The molecule has 10 heteroatoms. The van der Waals surface area contributed by atoms with Crippen LogP contribution in [0.5, 0.6) is 0 Å². The monoisotopic (exact) mass is 490 g/mol. The van der Waals surface area contributed by atoms with E-state index < -0.39 is 0 Å². The lowest BCUT2D eigenvalue weighted by Gasteiger charge is -2.08. The summed E-state index contributed by atoms with van der Waals surface area (Å²) in [6.07, 6.45) is 5.01. The Hall–Kier alpha value is -2.17. The van der Waals surface area contributed by atoms with Crippen LogP contribution in [0.1, 0.15) is 52.4 Å². The molecule has 0 fully saturated rings. The van der Waals surface area contributed by atoms with E-state index in [1.165, 1.54) is 32.9 Å².